The predicted molar refractivity (Wildman–Crippen MR) is 117 cm³/mol. The Morgan fingerprint density at radius 1 is 1.25 bits per heavy atom. The molecule has 0 amide bonds. The molecule has 4 N–H and O–H groups in total. The number of pyridine rings is 1. The smallest absolute Gasteiger partial charge is 0.387 e. The lowest BCUT2D eigenvalue weighted by Gasteiger charge is -2.55. The number of halogens is 2. The molecule has 4 aliphatic rings. The van der Waals surface area contributed by atoms with Gasteiger partial charge in [0.25, 0.3) is 0 Å². The van der Waals surface area contributed by atoms with Gasteiger partial charge in [0.2, 0.25) is 0 Å². The van der Waals surface area contributed by atoms with Gasteiger partial charge < -0.3 is 25.9 Å². The maximum atomic E-state index is 12.6. The van der Waals surface area contributed by atoms with Crippen molar-refractivity contribution in [2.24, 2.45) is 17.8 Å². The number of nitrogens with zero attached hydrogens (tertiary/aromatic N) is 2. The first kappa shape index (κ1) is 21.6. The lowest BCUT2D eigenvalue weighted by Crippen LogP contribution is -2.66. The number of alkyl halides is 2. The van der Waals surface area contributed by atoms with Gasteiger partial charge >= 0.3 is 6.61 Å². The number of allylic oxidation sites excluding steroid dienone is 2. The zero-order valence-electron chi connectivity index (χ0n) is 18.4. The third-order valence-corrected chi connectivity index (χ3v) is 7.37. The number of morpholine rings is 1. The van der Waals surface area contributed by atoms with E-state index < -0.39 is 6.61 Å². The Balaban J connectivity index is 1.28. The molecule has 4 fully saturated rings. The second-order valence-electron chi connectivity index (χ2n) is 9.81. The van der Waals surface area contributed by atoms with Crippen LogP contribution in [-0.4, -0.2) is 59.6 Å². The minimum Gasteiger partial charge on any atom is -0.431 e. The highest BCUT2D eigenvalue weighted by Gasteiger charge is 2.61. The normalized spacial score (nSPS) is 33.8. The molecule has 1 aromatic heterocycles. The molecule has 5 rings (SSSR count). The Morgan fingerprint density at radius 2 is 1.94 bits per heavy atom. The summed E-state index contributed by atoms with van der Waals surface area (Å²) in [6.45, 7) is 2.91. The summed E-state index contributed by atoms with van der Waals surface area (Å²) in [7, 11) is 0. The molecule has 2 aliphatic carbocycles. The molecule has 0 spiro atoms. The Bertz CT molecular complexity index is 898. The maximum absolute atomic E-state index is 12.6. The number of hydrogen-bond acceptors (Lipinski definition) is 7. The van der Waals surface area contributed by atoms with E-state index in [1.54, 1.807) is 0 Å². The van der Waals surface area contributed by atoms with Crippen LogP contribution in [0.25, 0.3) is 0 Å². The number of hydrogen-bond donors (Lipinski definition) is 3. The van der Waals surface area contributed by atoms with Crippen molar-refractivity contribution >= 4 is 11.5 Å². The molecular formula is C23H31F2N5O2. The fourth-order valence-electron chi connectivity index (χ4n) is 6.08. The summed E-state index contributed by atoms with van der Waals surface area (Å²) < 4.78 is 35.3. The Hall–Kier alpha value is -2.26. The molecule has 1 aromatic rings. The van der Waals surface area contributed by atoms with Crippen molar-refractivity contribution in [1.82, 2.24) is 15.2 Å². The van der Waals surface area contributed by atoms with Crippen molar-refractivity contribution in [1.29, 1.82) is 5.41 Å². The van der Waals surface area contributed by atoms with Crippen LogP contribution in [0.15, 0.2) is 24.0 Å². The molecule has 2 unspecified atom stereocenters. The van der Waals surface area contributed by atoms with Crippen LogP contribution in [0.2, 0.25) is 0 Å². The summed E-state index contributed by atoms with van der Waals surface area (Å²) >= 11 is 0. The summed E-state index contributed by atoms with van der Waals surface area (Å²) in [5, 5.41) is 12.1. The van der Waals surface area contributed by atoms with E-state index in [0.717, 1.165) is 18.9 Å². The number of fused-ring (bicyclic) bond motifs is 3. The number of nitrogens with one attached hydrogen (secondary N) is 2. The van der Waals surface area contributed by atoms with Gasteiger partial charge in [0.1, 0.15) is 0 Å². The second kappa shape index (κ2) is 8.26. The summed E-state index contributed by atoms with van der Waals surface area (Å²) in [6.07, 6.45) is 6.92. The van der Waals surface area contributed by atoms with Gasteiger partial charge in [0.05, 0.1) is 18.9 Å². The fourth-order valence-corrected chi connectivity index (χ4v) is 6.08. The maximum Gasteiger partial charge on any atom is 0.387 e. The third-order valence-electron chi connectivity index (χ3n) is 7.37. The quantitative estimate of drug-likeness (QED) is 0.530. The largest absolute Gasteiger partial charge is 0.431 e. The lowest BCUT2D eigenvalue weighted by atomic mass is 9.87. The molecule has 7 nitrogen and oxygen atoms in total. The summed E-state index contributed by atoms with van der Waals surface area (Å²) in [6, 6.07) is 3.46. The molecule has 174 valence electrons. The van der Waals surface area contributed by atoms with Gasteiger partial charge in [0, 0.05) is 47.5 Å². The molecule has 2 aliphatic heterocycles. The van der Waals surface area contributed by atoms with E-state index >= 15 is 0 Å². The number of rotatable bonds is 8. The van der Waals surface area contributed by atoms with Gasteiger partial charge in [-0.15, -0.1) is 0 Å². The molecule has 0 radical (unpaired) electrons. The number of nitrogen functional groups attached to an aromatic ring is 1. The van der Waals surface area contributed by atoms with Gasteiger partial charge in [-0.2, -0.15) is 8.78 Å². The molecule has 32 heavy (non-hydrogen) atoms. The Labute approximate surface area is 186 Å². The Morgan fingerprint density at radius 3 is 2.53 bits per heavy atom. The monoisotopic (exact) mass is 447 g/mol. The minimum atomic E-state index is -2.99. The summed E-state index contributed by atoms with van der Waals surface area (Å²) in [4.78, 5) is 6.62. The zero-order valence-corrected chi connectivity index (χ0v) is 18.4. The average Bonchev–Trinajstić information content (AvgIpc) is 3.23. The highest BCUT2D eigenvalue weighted by Crippen LogP contribution is 2.62. The standard InChI is InChI=1S/C23H31F2N5O2/c1-11(2)29-19(7-18(26)12-3-20(32-23(24)25)22(27)28-8-12)21-16-5-13(6-17(16)21)30-14-4-15(30)10-31-9-14/h3,7-8,11,13-17,21,23,26,29H,4-6,9-10H2,1-2H3,(H2,27,28)/b19-7-,26-18?/t13-,14?,15?,16-,17+,21+. The van der Waals surface area contributed by atoms with Crippen LogP contribution in [0.4, 0.5) is 14.6 Å². The van der Waals surface area contributed by atoms with E-state index in [1.165, 1.54) is 31.5 Å². The first-order chi connectivity index (χ1) is 15.3. The molecule has 2 saturated carbocycles. The number of anilines is 1. The van der Waals surface area contributed by atoms with Crippen LogP contribution in [0.3, 0.4) is 0 Å². The van der Waals surface area contributed by atoms with Crippen LogP contribution in [0, 0.1) is 23.2 Å². The molecule has 2 saturated heterocycles. The van der Waals surface area contributed by atoms with Gasteiger partial charge in [0.15, 0.2) is 11.6 Å². The fraction of sp³-hybridized carbons (Fsp3) is 0.652. The highest BCUT2D eigenvalue weighted by molar-refractivity contribution is 6.07. The van der Waals surface area contributed by atoms with E-state index in [4.69, 9.17) is 15.9 Å². The van der Waals surface area contributed by atoms with Crippen LogP contribution >= 0.6 is 0 Å². The SMILES string of the molecule is CC(C)N/C(=C\C(=N)c1cnc(N)c(OC(F)F)c1)[C@H]1[C@@H]2C[C@@H](N3C4COCC3C4)C[C@@H]21. The van der Waals surface area contributed by atoms with E-state index in [2.05, 4.69) is 33.8 Å². The third kappa shape index (κ3) is 3.96. The van der Waals surface area contributed by atoms with Crippen molar-refractivity contribution in [3.8, 4) is 5.75 Å². The highest BCUT2D eigenvalue weighted by atomic mass is 19.3. The zero-order chi connectivity index (χ0) is 22.6. The molecule has 3 heterocycles. The van der Waals surface area contributed by atoms with E-state index in [-0.39, 0.29) is 23.3 Å². The minimum absolute atomic E-state index is 0.115. The van der Waals surface area contributed by atoms with E-state index in [9.17, 15) is 8.78 Å². The van der Waals surface area contributed by atoms with Gasteiger partial charge in [-0.3, -0.25) is 4.90 Å². The van der Waals surface area contributed by atoms with E-state index in [0.29, 0.717) is 41.4 Å². The Kier molecular flexibility index (Phi) is 5.57. The number of nitrogens with two attached hydrogens (primary N) is 1. The van der Waals surface area contributed by atoms with Crippen molar-refractivity contribution < 1.29 is 18.3 Å². The summed E-state index contributed by atoms with van der Waals surface area (Å²) in [5.74, 6) is 1.37. The first-order valence-electron chi connectivity index (χ1n) is 11.4. The number of aromatic nitrogens is 1. The topological polar surface area (TPSA) is 96.5 Å². The van der Waals surface area contributed by atoms with Crippen LogP contribution < -0.4 is 15.8 Å². The van der Waals surface area contributed by atoms with Crippen LogP contribution in [-0.2, 0) is 4.74 Å². The lowest BCUT2D eigenvalue weighted by molar-refractivity contribution is -0.147. The molecule has 6 atom stereocenters. The first-order valence-corrected chi connectivity index (χ1v) is 11.4. The summed E-state index contributed by atoms with van der Waals surface area (Å²) in [5.41, 5.74) is 7.29. The van der Waals surface area contributed by atoms with Crippen molar-refractivity contribution in [3.63, 3.8) is 0 Å². The van der Waals surface area contributed by atoms with Crippen molar-refractivity contribution in [2.75, 3.05) is 18.9 Å². The van der Waals surface area contributed by atoms with Gasteiger partial charge in [-0.1, -0.05) is 0 Å². The predicted octanol–water partition coefficient (Wildman–Crippen LogP) is 3.01. The van der Waals surface area contributed by atoms with Gasteiger partial charge in [-0.25, -0.2) is 4.98 Å². The molecule has 2 bridgehead atoms. The average molecular weight is 448 g/mol. The molecule has 9 heteroatoms. The van der Waals surface area contributed by atoms with Gasteiger partial charge in [-0.05, 0) is 57.1 Å². The molecular weight excluding hydrogens is 416 g/mol. The van der Waals surface area contributed by atoms with Crippen molar-refractivity contribution in [3.05, 3.63) is 29.6 Å². The van der Waals surface area contributed by atoms with E-state index in [1.807, 2.05) is 6.08 Å². The van der Waals surface area contributed by atoms with Crippen molar-refractivity contribution in [2.45, 2.75) is 63.9 Å². The molecule has 0 aromatic carbocycles. The second-order valence-corrected chi connectivity index (χ2v) is 9.81. The van der Waals surface area contributed by atoms with Crippen LogP contribution in [0.5, 0.6) is 5.75 Å². The number of ether oxygens (including phenoxy) is 2. The van der Waals surface area contributed by atoms with Crippen LogP contribution in [0.1, 0.15) is 38.7 Å².